The Kier molecular flexibility index (Phi) is 4.86. The van der Waals surface area contributed by atoms with Crippen molar-refractivity contribution in [1.29, 1.82) is 0 Å². The van der Waals surface area contributed by atoms with E-state index in [9.17, 15) is 4.79 Å². The molecule has 0 atom stereocenters. The molecule has 0 aliphatic carbocycles. The lowest BCUT2D eigenvalue weighted by atomic mass is 10.0. The predicted molar refractivity (Wildman–Crippen MR) is 100 cm³/mol. The van der Waals surface area contributed by atoms with E-state index in [1.807, 2.05) is 48.2 Å². The van der Waals surface area contributed by atoms with E-state index in [0.717, 1.165) is 36.3 Å². The summed E-state index contributed by atoms with van der Waals surface area (Å²) in [5.74, 6) is 0.348. The number of Topliss-reactive ketones (excluding diaryl/α,β-unsaturated/α-hetero) is 1. The van der Waals surface area contributed by atoms with Gasteiger partial charge in [0.25, 0.3) is 0 Å². The third-order valence-corrected chi connectivity index (χ3v) is 4.64. The van der Waals surface area contributed by atoms with Crippen LogP contribution in [0.1, 0.15) is 24.5 Å². The molecule has 124 valence electrons. The minimum atomic E-state index is -0.0705. The van der Waals surface area contributed by atoms with Crippen molar-refractivity contribution >= 4 is 34.6 Å². The fourth-order valence-corrected chi connectivity index (χ4v) is 3.10. The van der Waals surface area contributed by atoms with Crippen LogP contribution in [-0.4, -0.2) is 18.2 Å². The van der Waals surface area contributed by atoms with Crippen LogP contribution in [0.15, 0.2) is 47.6 Å². The van der Waals surface area contributed by atoms with Gasteiger partial charge in [0.1, 0.15) is 0 Å². The van der Waals surface area contributed by atoms with E-state index >= 15 is 0 Å². The number of hydrogen-bond donors (Lipinski definition) is 1. The maximum atomic E-state index is 12.2. The first-order chi connectivity index (χ1) is 11.6. The Hall–Kier alpha value is -2.33. The van der Waals surface area contributed by atoms with Crippen molar-refractivity contribution in [2.45, 2.75) is 26.7 Å². The Morgan fingerprint density at radius 3 is 2.79 bits per heavy atom. The first kappa shape index (κ1) is 16.5. The Morgan fingerprint density at radius 2 is 2.00 bits per heavy atom. The van der Waals surface area contributed by atoms with Gasteiger partial charge in [-0.05, 0) is 49.1 Å². The van der Waals surface area contributed by atoms with Gasteiger partial charge in [0.15, 0.2) is 11.6 Å². The summed E-state index contributed by atoms with van der Waals surface area (Å²) >= 11 is 6.14. The number of nitrogens with one attached hydrogen (secondary N) is 1. The quantitative estimate of drug-likeness (QED) is 0.510. The SMILES string of the molecule is CC(=O)C(=NNc1cccc(Cl)c1C)N1CCCc2ccccc21. The van der Waals surface area contributed by atoms with Gasteiger partial charge >= 0.3 is 0 Å². The molecule has 0 unspecified atom stereocenters. The second kappa shape index (κ2) is 7.05. The first-order valence-corrected chi connectivity index (χ1v) is 8.41. The van der Waals surface area contributed by atoms with E-state index in [4.69, 9.17) is 11.6 Å². The van der Waals surface area contributed by atoms with Gasteiger partial charge in [-0.1, -0.05) is 35.9 Å². The minimum absolute atomic E-state index is 0.0705. The average Bonchev–Trinajstić information content (AvgIpc) is 2.58. The average molecular weight is 342 g/mol. The number of nitrogens with zero attached hydrogens (tertiary/aromatic N) is 2. The molecule has 2 aromatic rings. The number of carbonyl (C=O) groups excluding carboxylic acids is 1. The first-order valence-electron chi connectivity index (χ1n) is 8.03. The predicted octanol–water partition coefficient (Wildman–Crippen LogP) is 4.42. The van der Waals surface area contributed by atoms with Gasteiger partial charge in [0.2, 0.25) is 0 Å². The fourth-order valence-electron chi connectivity index (χ4n) is 2.92. The number of hydrogen-bond acceptors (Lipinski definition) is 3. The van der Waals surface area contributed by atoms with Crippen LogP contribution in [0.25, 0.3) is 0 Å². The number of anilines is 2. The van der Waals surface area contributed by atoms with Crippen molar-refractivity contribution in [3.05, 3.63) is 58.6 Å². The molecular formula is C19H20ClN3O. The van der Waals surface area contributed by atoms with Crippen LogP contribution in [0.4, 0.5) is 11.4 Å². The number of rotatable bonds is 3. The molecule has 2 aromatic carbocycles. The zero-order valence-corrected chi connectivity index (χ0v) is 14.6. The summed E-state index contributed by atoms with van der Waals surface area (Å²) in [4.78, 5) is 14.2. The molecule has 1 heterocycles. The number of carbonyl (C=O) groups is 1. The van der Waals surface area contributed by atoms with Gasteiger partial charge in [0.05, 0.1) is 5.69 Å². The Labute approximate surface area is 147 Å². The Morgan fingerprint density at radius 1 is 1.21 bits per heavy atom. The molecule has 0 amide bonds. The van der Waals surface area contributed by atoms with Gasteiger partial charge in [-0.2, -0.15) is 5.10 Å². The van der Waals surface area contributed by atoms with Crippen molar-refractivity contribution < 1.29 is 4.79 Å². The maximum absolute atomic E-state index is 12.2. The lowest BCUT2D eigenvalue weighted by Crippen LogP contribution is -2.40. The van der Waals surface area contributed by atoms with Gasteiger partial charge in [-0.15, -0.1) is 0 Å². The number of para-hydroxylation sites is 1. The standard InChI is InChI=1S/C19H20ClN3O/c1-13-16(20)9-5-10-17(13)21-22-19(14(2)24)23-12-6-8-15-7-3-4-11-18(15)23/h3-5,7,9-11,21H,6,8,12H2,1-2H3. The van der Waals surface area contributed by atoms with Crippen molar-refractivity contribution in [1.82, 2.24) is 0 Å². The van der Waals surface area contributed by atoms with E-state index in [1.165, 1.54) is 5.56 Å². The molecule has 0 spiro atoms. The van der Waals surface area contributed by atoms with E-state index in [2.05, 4.69) is 16.6 Å². The summed E-state index contributed by atoms with van der Waals surface area (Å²) < 4.78 is 0. The highest BCUT2D eigenvalue weighted by molar-refractivity contribution is 6.43. The van der Waals surface area contributed by atoms with E-state index in [-0.39, 0.29) is 5.78 Å². The van der Waals surface area contributed by atoms with Crippen LogP contribution in [0, 0.1) is 6.92 Å². The van der Waals surface area contributed by atoms with Gasteiger partial charge in [-0.3, -0.25) is 10.2 Å². The molecular weight excluding hydrogens is 322 g/mol. The summed E-state index contributed by atoms with van der Waals surface area (Å²) in [5.41, 5.74) is 7.01. The van der Waals surface area contributed by atoms with Crippen molar-refractivity contribution in [2.75, 3.05) is 16.9 Å². The Bertz CT molecular complexity index is 801. The molecule has 0 saturated heterocycles. The second-order valence-corrected chi connectivity index (χ2v) is 6.31. The highest BCUT2D eigenvalue weighted by Crippen LogP contribution is 2.28. The van der Waals surface area contributed by atoms with Crippen LogP contribution in [0.2, 0.25) is 5.02 Å². The third kappa shape index (κ3) is 3.29. The highest BCUT2D eigenvalue weighted by atomic mass is 35.5. The molecule has 0 radical (unpaired) electrons. The Balaban J connectivity index is 1.94. The summed E-state index contributed by atoms with van der Waals surface area (Å²) in [6.07, 6.45) is 2.03. The normalized spacial score (nSPS) is 14.3. The monoisotopic (exact) mass is 341 g/mol. The number of fused-ring (bicyclic) bond motifs is 1. The van der Waals surface area contributed by atoms with E-state index in [1.54, 1.807) is 6.92 Å². The smallest absolute Gasteiger partial charge is 0.197 e. The molecule has 1 N–H and O–H groups in total. The van der Waals surface area contributed by atoms with Crippen molar-refractivity contribution in [3.8, 4) is 0 Å². The number of benzene rings is 2. The van der Waals surface area contributed by atoms with Crippen molar-refractivity contribution in [3.63, 3.8) is 0 Å². The molecule has 24 heavy (non-hydrogen) atoms. The summed E-state index contributed by atoms with van der Waals surface area (Å²) in [7, 11) is 0. The van der Waals surface area contributed by atoms with Crippen LogP contribution in [0.5, 0.6) is 0 Å². The molecule has 1 aliphatic rings. The zero-order chi connectivity index (χ0) is 17.1. The number of amidine groups is 1. The van der Waals surface area contributed by atoms with E-state index < -0.39 is 0 Å². The number of ketones is 1. The second-order valence-electron chi connectivity index (χ2n) is 5.90. The number of aryl methyl sites for hydroxylation is 1. The molecule has 0 aromatic heterocycles. The lowest BCUT2D eigenvalue weighted by molar-refractivity contribution is -0.111. The summed E-state index contributed by atoms with van der Waals surface area (Å²) in [5, 5.41) is 5.07. The van der Waals surface area contributed by atoms with E-state index in [0.29, 0.717) is 10.9 Å². The number of hydrazone groups is 1. The molecule has 0 bridgehead atoms. The lowest BCUT2D eigenvalue weighted by Gasteiger charge is -2.31. The maximum Gasteiger partial charge on any atom is 0.197 e. The van der Waals surface area contributed by atoms with Gasteiger partial charge in [-0.25, -0.2) is 0 Å². The van der Waals surface area contributed by atoms with Crippen LogP contribution >= 0.6 is 11.6 Å². The fraction of sp³-hybridized carbons (Fsp3) is 0.263. The summed E-state index contributed by atoms with van der Waals surface area (Å²) in [6, 6.07) is 13.7. The van der Waals surface area contributed by atoms with Crippen LogP contribution in [-0.2, 0) is 11.2 Å². The highest BCUT2D eigenvalue weighted by Gasteiger charge is 2.23. The van der Waals surface area contributed by atoms with Crippen molar-refractivity contribution in [2.24, 2.45) is 5.10 Å². The van der Waals surface area contributed by atoms with Gasteiger partial charge in [0, 0.05) is 24.2 Å². The zero-order valence-electron chi connectivity index (χ0n) is 13.8. The molecule has 4 nitrogen and oxygen atoms in total. The molecule has 3 rings (SSSR count). The third-order valence-electron chi connectivity index (χ3n) is 4.23. The number of halogens is 1. The van der Waals surface area contributed by atoms with Crippen LogP contribution < -0.4 is 10.3 Å². The van der Waals surface area contributed by atoms with Crippen LogP contribution in [0.3, 0.4) is 0 Å². The molecule has 5 heteroatoms. The minimum Gasteiger partial charge on any atom is -0.322 e. The largest absolute Gasteiger partial charge is 0.322 e. The summed E-state index contributed by atoms with van der Waals surface area (Å²) in [6.45, 7) is 4.25. The molecule has 0 fully saturated rings. The topological polar surface area (TPSA) is 44.7 Å². The molecule has 0 saturated carbocycles. The molecule has 1 aliphatic heterocycles. The van der Waals surface area contributed by atoms with Gasteiger partial charge < -0.3 is 4.90 Å².